The third-order valence-corrected chi connectivity index (χ3v) is 3.67. The quantitative estimate of drug-likeness (QED) is 0.775. The van der Waals surface area contributed by atoms with E-state index in [4.69, 9.17) is 4.74 Å². The minimum Gasteiger partial charge on any atom is -0.465 e. The molecule has 112 valence electrons. The predicted molar refractivity (Wildman–Crippen MR) is 83.0 cm³/mol. The lowest BCUT2D eigenvalue weighted by Gasteiger charge is -2.18. The van der Waals surface area contributed by atoms with Crippen LogP contribution in [0, 0.1) is 0 Å². The highest BCUT2D eigenvalue weighted by Gasteiger charge is 2.29. The van der Waals surface area contributed by atoms with Crippen molar-refractivity contribution in [2.75, 3.05) is 6.61 Å². The van der Waals surface area contributed by atoms with Crippen molar-refractivity contribution in [3.63, 3.8) is 0 Å². The van der Waals surface area contributed by atoms with Crippen LogP contribution in [0.25, 0.3) is 0 Å². The maximum Gasteiger partial charge on any atom is 0.321 e. The van der Waals surface area contributed by atoms with Gasteiger partial charge in [-0.1, -0.05) is 28.1 Å². The summed E-state index contributed by atoms with van der Waals surface area (Å²) < 4.78 is 8.07. The van der Waals surface area contributed by atoms with Crippen molar-refractivity contribution in [2.45, 2.75) is 32.7 Å². The molecule has 0 radical (unpaired) electrons. The Morgan fingerprint density at radius 1 is 1.33 bits per heavy atom. The fourth-order valence-electron chi connectivity index (χ4n) is 2.13. The summed E-state index contributed by atoms with van der Waals surface area (Å²) >= 11 is 3.40. The Bertz CT molecular complexity index is 608. The van der Waals surface area contributed by atoms with Crippen molar-refractivity contribution >= 4 is 21.9 Å². The normalized spacial score (nSPS) is 12.4. The van der Waals surface area contributed by atoms with E-state index in [9.17, 15) is 4.79 Å². The van der Waals surface area contributed by atoms with Gasteiger partial charge in [0.15, 0.2) is 5.82 Å². The minimum absolute atomic E-state index is 0.169. The van der Waals surface area contributed by atoms with Crippen LogP contribution in [0.1, 0.15) is 44.1 Å². The zero-order chi connectivity index (χ0) is 15.4. The van der Waals surface area contributed by atoms with Crippen molar-refractivity contribution in [3.05, 3.63) is 46.5 Å². The van der Waals surface area contributed by atoms with E-state index < -0.39 is 5.92 Å². The second-order valence-electron chi connectivity index (χ2n) is 4.93. The average Bonchev–Trinajstić information content (AvgIpc) is 2.91. The monoisotopic (exact) mass is 351 g/mol. The van der Waals surface area contributed by atoms with Gasteiger partial charge in [-0.3, -0.25) is 4.79 Å². The lowest BCUT2D eigenvalue weighted by atomic mass is 9.98. The fourth-order valence-corrected chi connectivity index (χ4v) is 2.39. The topological polar surface area (TPSA) is 57.0 Å². The first-order chi connectivity index (χ1) is 10.0. The zero-order valence-electron chi connectivity index (χ0n) is 12.3. The maximum atomic E-state index is 12.4. The number of carbonyl (C=O) groups is 1. The number of benzene rings is 1. The summed E-state index contributed by atoms with van der Waals surface area (Å²) in [7, 11) is 0. The molecule has 2 aromatic rings. The fraction of sp³-hybridized carbons (Fsp3) is 0.400. The molecule has 1 heterocycles. The number of esters is 1. The average molecular weight is 352 g/mol. The highest BCUT2D eigenvalue weighted by molar-refractivity contribution is 9.10. The summed E-state index contributed by atoms with van der Waals surface area (Å²) in [6.45, 7) is 6.18. The number of aromatic nitrogens is 3. The number of ether oxygens (including phenoxy) is 1. The summed E-state index contributed by atoms with van der Waals surface area (Å²) in [6.07, 6.45) is 1.64. The minimum atomic E-state index is -0.567. The van der Waals surface area contributed by atoms with E-state index in [1.54, 1.807) is 13.3 Å². The van der Waals surface area contributed by atoms with Gasteiger partial charge in [-0.25, -0.2) is 0 Å². The molecule has 0 aliphatic rings. The lowest BCUT2D eigenvalue weighted by Crippen LogP contribution is -2.22. The molecule has 21 heavy (non-hydrogen) atoms. The van der Waals surface area contributed by atoms with Gasteiger partial charge >= 0.3 is 5.97 Å². The van der Waals surface area contributed by atoms with Crippen LogP contribution in [-0.4, -0.2) is 27.3 Å². The number of hydrogen-bond donors (Lipinski definition) is 0. The summed E-state index contributed by atoms with van der Waals surface area (Å²) in [6, 6.07) is 7.76. The molecule has 0 saturated carbocycles. The number of nitrogens with zero attached hydrogens (tertiary/aromatic N) is 3. The van der Waals surface area contributed by atoms with Gasteiger partial charge in [0.1, 0.15) is 12.2 Å². The summed E-state index contributed by atoms with van der Waals surface area (Å²) in [5.74, 6) is -0.275. The van der Waals surface area contributed by atoms with E-state index in [0.29, 0.717) is 12.4 Å². The third kappa shape index (κ3) is 3.50. The van der Waals surface area contributed by atoms with Gasteiger partial charge in [0.25, 0.3) is 0 Å². The number of rotatable bonds is 5. The summed E-state index contributed by atoms with van der Waals surface area (Å²) in [5, 5.41) is 8.09. The Morgan fingerprint density at radius 3 is 2.57 bits per heavy atom. The van der Waals surface area contributed by atoms with E-state index in [0.717, 1.165) is 10.0 Å². The molecular formula is C15H18BrN3O2. The largest absolute Gasteiger partial charge is 0.465 e. The van der Waals surface area contributed by atoms with Crippen molar-refractivity contribution < 1.29 is 9.53 Å². The standard InChI is InChI=1S/C15H18BrN3O2/c1-4-21-15(20)13(11-5-7-12(16)8-6-11)14-18-17-9-19(14)10(2)3/h5-10,13H,4H2,1-3H3. The second-order valence-corrected chi connectivity index (χ2v) is 5.84. The molecular weight excluding hydrogens is 334 g/mol. The number of carbonyl (C=O) groups excluding carboxylic acids is 1. The summed E-state index contributed by atoms with van der Waals surface area (Å²) in [4.78, 5) is 12.4. The maximum absolute atomic E-state index is 12.4. The van der Waals surface area contributed by atoms with E-state index in [1.807, 2.05) is 42.7 Å². The molecule has 0 fully saturated rings. The molecule has 0 aliphatic heterocycles. The van der Waals surface area contributed by atoms with Gasteiger partial charge in [-0.05, 0) is 38.5 Å². The molecule has 5 nitrogen and oxygen atoms in total. The Kier molecular flexibility index (Phi) is 5.12. The zero-order valence-corrected chi connectivity index (χ0v) is 13.9. The molecule has 1 atom stereocenters. The second kappa shape index (κ2) is 6.85. The Balaban J connectivity index is 2.48. The Labute approximate surface area is 132 Å². The van der Waals surface area contributed by atoms with Crippen molar-refractivity contribution in [1.82, 2.24) is 14.8 Å². The molecule has 2 rings (SSSR count). The third-order valence-electron chi connectivity index (χ3n) is 3.14. The van der Waals surface area contributed by atoms with E-state index >= 15 is 0 Å². The first kappa shape index (κ1) is 15.7. The van der Waals surface area contributed by atoms with Gasteiger partial charge in [0, 0.05) is 10.5 Å². The van der Waals surface area contributed by atoms with Crippen LogP contribution in [0.4, 0.5) is 0 Å². The first-order valence-corrected chi connectivity index (χ1v) is 7.65. The first-order valence-electron chi connectivity index (χ1n) is 6.86. The van der Waals surface area contributed by atoms with Crippen LogP contribution in [-0.2, 0) is 9.53 Å². The van der Waals surface area contributed by atoms with Gasteiger partial charge < -0.3 is 9.30 Å². The molecule has 0 amide bonds. The Hall–Kier alpha value is -1.69. The van der Waals surface area contributed by atoms with Crippen molar-refractivity contribution in [2.24, 2.45) is 0 Å². The molecule has 1 aromatic heterocycles. The van der Waals surface area contributed by atoms with Crippen LogP contribution in [0.2, 0.25) is 0 Å². The molecule has 0 aliphatic carbocycles. The smallest absolute Gasteiger partial charge is 0.321 e. The summed E-state index contributed by atoms with van der Waals surface area (Å²) in [5.41, 5.74) is 0.839. The predicted octanol–water partition coefficient (Wildman–Crippen LogP) is 3.32. The lowest BCUT2D eigenvalue weighted by molar-refractivity contribution is -0.144. The molecule has 6 heteroatoms. The van der Waals surface area contributed by atoms with E-state index in [2.05, 4.69) is 26.1 Å². The highest BCUT2D eigenvalue weighted by Crippen LogP contribution is 2.27. The number of halogens is 1. The Morgan fingerprint density at radius 2 is 2.00 bits per heavy atom. The van der Waals surface area contributed by atoms with Crippen molar-refractivity contribution in [3.8, 4) is 0 Å². The molecule has 0 N–H and O–H groups in total. The van der Waals surface area contributed by atoms with Crippen LogP contribution in [0.15, 0.2) is 35.1 Å². The van der Waals surface area contributed by atoms with Crippen LogP contribution in [0.5, 0.6) is 0 Å². The van der Waals surface area contributed by atoms with Gasteiger partial charge in [0.05, 0.1) is 6.61 Å². The number of hydrogen-bond acceptors (Lipinski definition) is 4. The van der Waals surface area contributed by atoms with Gasteiger partial charge in [-0.2, -0.15) is 0 Å². The van der Waals surface area contributed by atoms with Crippen LogP contribution < -0.4 is 0 Å². The van der Waals surface area contributed by atoms with E-state index in [-0.39, 0.29) is 12.0 Å². The van der Waals surface area contributed by atoms with Crippen molar-refractivity contribution in [1.29, 1.82) is 0 Å². The van der Waals surface area contributed by atoms with Crippen LogP contribution in [0.3, 0.4) is 0 Å². The van der Waals surface area contributed by atoms with Gasteiger partial charge in [0.2, 0.25) is 0 Å². The molecule has 0 bridgehead atoms. The molecule has 1 unspecified atom stereocenters. The highest BCUT2D eigenvalue weighted by atomic mass is 79.9. The van der Waals surface area contributed by atoms with Crippen LogP contribution >= 0.6 is 15.9 Å². The molecule has 0 spiro atoms. The SMILES string of the molecule is CCOC(=O)C(c1ccc(Br)cc1)c1nncn1C(C)C. The van der Waals surface area contributed by atoms with E-state index in [1.165, 1.54) is 0 Å². The molecule has 1 aromatic carbocycles. The molecule has 0 saturated heterocycles. The van der Waals surface area contributed by atoms with Gasteiger partial charge in [-0.15, -0.1) is 10.2 Å².